The Kier molecular flexibility index (Phi) is 12.1. The van der Waals surface area contributed by atoms with Crippen molar-refractivity contribution in [3.05, 3.63) is 53.6 Å². The number of thioether (sulfide) groups is 1. The van der Waals surface area contributed by atoms with Crippen LogP contribution in [-0.2, 0) is 32.1 Å². The van der Waals surface area contributed by atoms with Gasteiger partial charge in [0.2, 0.25) is 11.8 Å². The predicted molar refractivity (Wildman–Crippen MR) is 166 cm³/mol. The van der Waals surface area contributed by atoms with Crippen LogP contribution in [0.3, 0.4) is 0 Å². The van der Waals surface area contributed by atoms with Crippen molar-refractivity contribution in [1.29, 1.82) is 5.26 Å². The maximum absolute atomic E-state index is 13.6. The van der Waals surface area contributed by atoms with Crippen LogP contribution in [0.15, 0.2) is 36.8 Å². The largest absolute Gasteiger partial charge is 0.467 e. The predicted octanol–water partition coefficient (Wildman–Crippen LogP) is 3.24. The lowest BCUT2D eigenvalue weighted by atomic mass is 9.96. The zero-order chi connectivity index (χ0) is 30.8. The van der Waals surface area contributed by atoms with E-state index >= 15 is 0 Å². The molecule has 232 valence electrons. The Morgan fingerprint density at radius 1 is 1.21 bits per heavy atom. The highest BCUT2D eigenvalue weighted by Gasteiger charge is 2.42. The summed E-state index contributed by atoms with van der Waals surface area (Å²) in [5, 5.41) is 12.0. The minimum absolute atomic E-state index is 0.0647. The van der Waals surface area contributed by atoms with Crippen LogP contribution >= 0.6 is 11.8 Å². The van der Waals surface area contributed by atoms with Gasteiger partial charge in [0, 0.05) is 44.0 Å². The van der Waals surface area contributed by atoms with Gasteiger partial charge in [0.05, 0.1) is 31.1 Å². The number of amides is 2. The number of aromatic nitrogens is 2. The number of aryl methyl sites for hydroxylation is 1. The average molecular weight is 609 g/mol. The van der Waals surface area contributed by atoms with Gasteiger partial charge in [-0.2, -0.15) is 17.0 Å². The maximum atomic E-state index is 13.6. The molecule has 4 atom stereocenters. The number of hydrogen-bond donors (Lipinski definition) is 1. The standard InChI is InChI=1S/C32H44N6O4S/c1-4-25-13-16-36(30(25)31(40)35-28(14-17-43-3)32(41)42-2)21-27-6-5-15-38(27)29(39)12-11-26-19-34-22-37(26)20-24-9-7-23(18-33)8-10-24/h7-10,19,22,25,27-28,30H,4-6,11-17,20-21H2,1-3H3,(H,35,40)/t25-,27-,28?,30?/m0/s1. The quantitative estimate of drug-likeness (QED) is 0.325. The van der Waals surface area contributed by atoms with Gasteiger partial charge in [-0.25, -0.2) is 9.78 Å². The van der Waals surface area contributed by atoms with Crippen molar-refractivity contribution < 1.29 is 19.1 Å². The minimum Gasteiger partial charge on any atom is -0.467 e. The third-order valence-corrected chi connectivity index (χ3v) is 9.45. The average Bonchev–Trinajstić information content (AvgIpc) is 3.78. The minimum atomic E-state index is -0.653. The number of likely N-dealkylation sites (tertiary alicyclic amines) is 2. The van der Waals surface area contributed by atoms with Crippen molar-refractivity contribution in [3.8, 4) is 6.07 Å². The highest BCUT2D eigenvalue weighted by atomic mass is 32.2. The number of carbonyl (C=O) groups is 3. The summed E-state index contributed by atoms with van der Waals surface area (Å²) in [4.78, 5) is 47.9. The Balaban J connectivity index is 1.36. The van der Waals surface area contributed by atoms with E-state index in [-0.39, 0.29) is 29.8 Å². The molecular weight excluding hydrogens is 564 g/mol. The zero-order valence-electron chi connectivity index (χ0n) is 25.5. The molecule has 2 amide bonds. The van der Waals surface area contributed by atoms with Gasteiger partial charge < -0.3 is 19.5 Å². The molecule has 4 rings (SSSR count). The van der Waals surface area contributed by atoms with Gasteiger partial charge in [0.25, 0.3) is 0 Å². The molecule has 2 unspecified atom stereocenters. The van der Waals surface area contributed by atoms with E-state index in [0.29, 0.717) is 37.9 Å². The Hall–Kier alpha value is -3.36. The fourth-order valence-corrected chi connectivity index (χ4v) is 6.88. The molecule has 0 aliphatic carbocycles. The molecule has 2 aromatic rings. The number of esters is 1. The van der Waals surface area contributed by atoms with E-state index in [1.807, 2.05) is 41.6 Å². The summed E-state index contributed by atoms with van der Waals surface area (Å²) in [6, 6.07) is 8.74. The summed E-state index contributed by atoms with van der Waals surface area (Å²) in [6.07, 6.45) is 10.8. The first-order chi connectivity index (χ1) is 20.9. The van der Waals surface area contributed by atoms with Crippen LogP contribution in [-0.4, -0.2) is 94.0 Å². The molecule has 11 heteroatoms. The maximum Gasteiger partial charge on any atom is 0.328 e. The second-order valence-electron chi connectivity index (χ2n) is 11.5. The Labute approximate surface area is 259 Å². The second-order valence-corrected chi connectivity index (χ2v) is 12.5. The molecule has 2 saturated heterocycles. The first kappa shape index (κ1) is 32.6. The number of nitrogens with zero attached hydrogens (tertiary/aromatic N) is 5. The fourth-order valence-electron chi connectivity index (χ4n) is 6.41. The van der Waals surface area contributed by atoms with Gasteiger partial charge >= 0.3 is 5.97 Å². The molecule has 3 heterocycles. The third kappa shape index (κ3) is 8.39. The summed E-state index contributed by atoms with van der Waals surface area (Å²) in [5.41, 5.74) is 2.70. The van der Waals surface area contributed by atoms with Crippen molar-refractivity contribution in [1.82, 2.24) is 24.7 Å². The van der Waals surface area contributed by atoms with E-state index < -0.39 is 12.0 Å². The van der Waals surface area contributed by atoms with Crippen LogP contribution in [0.1, 0.15) is 62.3 Å². The van der Waals surface area contributed by atoms with Gasteiger partial charge in [-0.05, 0) is 74.3 Å². The fraction of sp³-hybridized carbons (Fsp3) is 0.594. The number of imidazole rings is 1. The molecule has 0 bridgehead atoms. The summed E-state index contributed by atoms with van der Waals surface area (Å²) < 4.78 is 7.01. The summed E-state index contributed by atoms with van der Waals surface area (Å²) in [7, 11) is 1.35. The van der Waals surface area contributed by atoms with Crippen LogP contribution in [0, 0.1) is 17.2 Å². The Morgan fingerprint density at radius 2 is 2.00 bits per heavy atom. The van der Waals surface area contributed by atoms with Crippen LogP contribution < -0.4 is 5.32 Å². The molecule has 0 radical (unpaired) electrons. The lowest BCUT2D eigenvalue weighted by Crippen LogP contribution is -2.54. The molecule has 1 aromatic heterocycles. The first-order valence-electron chi connectivity index (χ1n) is 15.3. The van der Waals surface area contributed by atoms with Gasteiger partial charge in [0.15, 0.2) is 0 Å². The monoisotopic (exact) mass is 608 g/mol. The molecule has 10 nitrogen and oxygen atoms in total. The summed E-state index contributed by atoms with van der Waals surface area (Å²) in [5.74, 6) is 0.559. The smallest absolute Gasteiger partial charge is 0.328 e. The number of methoxy groups -OCH3 is 1. The van der Waals surface area contributed by atoms with E-state index in [1.165, 1.54) is 7.11 Å². The normalized spacial score (nSPS) is 21.0. The summed E-state index contributed by atoms with van der Waals surface area (Å²) >= 11 is 1.63. The Bertz CT molecular complexity index is 1280. The number of nitrogens with one attached hydrogen (secondary N) is 1. The van der Waals surface area contributed by atoms with Crippen molar-refractivity contribution >= 4 is 29.5 Å². The Morgan fingerprint density at radius 3 is 2.70 bits per heavy atom. The van der Waals surface area contributed by atoms with Crippen LogP contribution in [0.5, 0.6) is 0 Å². The summed E-state index contributed by atoms with van der Waals surface area (Å²) in [6.45, 7) is 4.93. The molecule has 2 aliphatic rings. The number of nitriles is 1. The number of hydrogen-bond acceptors (Lipinski definition) is 8. The van der Waals surface area contributed by atoms with Crippen LogP contribution in [0.2, 0.25) is 0 Å². The van der Waals surface area contributed by atoms with Crippen molar-refractivity contribution in [2.75, 3.05) is 38.8 Å². The molecule has 0 saturated carbocycles. The molecule has 43 heavy (non-hydrogen) atoms. The molecule has 1 aromatic carbocycles. The molecule has 2 fully saturated rings. The van der Waals surface area contributed by atoms with Crippen LogP contribution in [0.25, 0.3) is 0 Å². The van der Waals surface area contributed by atoms with E-state index in [9.17, 15) is 14.4 Å². The topological polar surface area (TPSA) is 121 Å². The third-order valence-electron chi connectivity index (χ3n) is 8.81. The molecule has 1 N–H and O–H groups in total. The van der Waals surface area contributed by atoms with Crippen molar-refractivity contribution in [3.63, 3.8) is 0 Å². The van der Waals surface area contributed by atoms with E-state index in [1.54, 1.807) is 18.1 Å². The number of carbonyl (C=O) groups excluding carboxylic acids is 3. The van der Waals surface area contributed by atoms with E-state index in [0.717, 1.165) is 55.8 Å². The number of ether oxygens (including phenoxy) is 1. The van der Waals surface area contributed by atoms with Gasteiger partial charge in [-0.15, -0.1) is 0 Å². The highest BCUT2D eigenvalue weighted by Crippen LogP contribution is 2.30. The van der Waals surface area contributed by atoms with Crippen LogP contribution in [0.4, 0.5) is 0 Å². The van der Waals surface area contributed by atoms with E-state index in [4.69, 9.17) is 10.00 Å². The molecule has 0 spiro atoms. The number of rotatable bonds is 14. The van der Waals surface area contributed by atoms with Gasteiger partial charge in [0.1, 0.15) is 6.04 Å². The van der Waals surface area contributed by atoms with Gasteiger partial charge in [-0.1, -0.05) is 25.5 Å². The van der Waals surface area contributed by atoms with Crippen molar-refractivity contribution in [2.24, 2.45) is 5.92 Å². The first-order valence-corrected chi connectivity index (χ1v) is 16.7. The number of benzene rings is 1. The molecular formula is C32H44N6O4S. The SMILES string of the molecule is CC[C@H]1CCN(C[C@@H]2CCCN2C(=O)CCc2cncn2Cc2ccc(C#N)cc2)C1C(=O)NC(CCSC)C(=O)OC. The highest BCUT2D eigenvalue weighted by molar-refractivity contribution is 7.98. The molecule has 2 aliphatic heterocycles. The lowest BCUT2D eigenvalue weighted by molar-refractivity contribution is -0.146. The lowest BCUT2D eigenvalue weighted by Gasteiger charge is -2.33. The zero-order valence-corrected chi connectivity index (χ0v) is 26.4. The van der Waals surface area contributed by atoms with E-state index in [2.05, 4.69) is 32.8 Å². The van der Waals surface area contributed by atoms with Gasteiger partial charge in [-0.3, -0.25) is 14.5 Å². The second kappa shape index (κ2) is 15.9. The van der Waals surface area contributed by atoms with Crippen molar-refractivity contribution in [2.45, 2.75) is 76.5 Å².